The van der Waals surface area contributed by atoms with Crippen LogP contribution in [0, 0.1) is 5.92 Å². The Balaban J connectivity index is 1.22. The molecule has 3 fully saturated rings. The van der Waals surface area contributed by atoms with Gasteiger partial charge in [0.15, 0.2) is 11.6 Å². The zero-order valence-electron chi connectivity index (χ0n) is 21.3. The Hall–Kier alpha value is -3.38. The number of carbonyl (C=O) groups excluding carboxylic acids is 1. The molecule has 0 saturated heterocycles. The summed E-state index contributed by atoms with van der Waals surface area (Å²) in [6.45, 7) is 0. The third kappa shape index (κ3) is 5.28. The molecule has 3 saturated carbocycles. The van der Waals surface area contributed by atoms with Crippen molar-refractivity contribution in [2.24, 2.45) is 5.92 Å². The Morgan fingerprint density at radius 1 is 0.974 bits per heavy atom. The molecule has 0 aromatic carbocycles. The normalized spacial score (nSPS) is 21.7. The zero-order valence-corrected chi connectivity index (χ0v) is 22.1. The van der Waals surface area contributed by atoms with Gasteiger partial charge in [0.25, 0.3) is 10.0 Å². The number of pyridine rings is 1. The van der Waals surface area contributed by atoms with E-state index in [0.29, 0.717) is 53.5 Å². The Bertz CT molecular complexity index is 1440. The van der Waals surface area contributed by atoms with Crippen molar-refractivity contribution >= 4 is 33.1 Å². The summed E-state index contributed by atoms with van der Waals surface area (Å²) >= 11 is 0. The molecule has 0 atom stereocenters. The van der Waals surface area contributed by atoms with Crippen LogP contribution in [0.4, 0.5) is 17.3 Å². The molecule has 0 radical (unpaired) electrons. The van der Waals surface area contributed by atoms with Crippen molar-refractivity contribution < 1.29 is 13.2 Å². The highest BCUT2D eigenvalue weighted by Crippen LogP contribution is 2.36. The van der Waals surface area contributed by atoms with Crippen LogP contribution in [0.25, 0.3) is 11.4 Å². The predicted molar refractivity (Wildman–Crippen MR) is 144 cm³/mol. The number of hydrogen-bond acceptors (Lipinski definition) is 10. The summed E-state index contributed by atoms with van der Waals surface area (Å²) in [7, 11) is -1.45. The van der Waals surface area contributed by atoms with Gasteiger partial charge in [0.05, 0.1) is 34.5 Å². The lowest BCUT2D eigenvalue weighted by molar-refractivity contribution is 0.0968. The summed E-state index contributed by atoms with van der Waals surface area (Å²) in [5.41, 5.74) is 1.95. The minimum atomic E-state index is -3.46. The number of hydrogen-bond donors (Lipinski definition) is 3. The minimum absolute atomic E-state index is 0.102. The number of anilines is 3. The van der Waals surface area contributed by atoms with E-state index in [-0.39, 0.29) is 17.0 Å². The smallest absolute Gasteiger partial charge is 0.256 e. The number of nitrogens with one attached hydrogen (secondary N) is 3. The first-order valence-corrected chi connectivity index (χ1v) is 14.8. The number of nitrogens with zero attached hydrogens (tertiary/aromatic N) is 5. The van der Waals surface area contributed by atoms with Gasteiger partial charge in [-0.15, -0.1) is 0 Å². The SMILES string of the molecule is CNC1CCC(Nc2cc(Nc3ccnc(-c4cnn(S(=O)(=O)C5CC5)c4)n3)ncc2C(=O)C2CC2)CC1. The van der Waals surface area contributed by atoms with Crippen LogP contribution in [-0.2, 0) is 10.0 Å². The largest absolute Gasteiger partial charge is 0.382 e. The number of Topliss-reactive ketones (excluding diaryl/α,β-unsaturated/α-hetero) is 1. The van der Waals surface area contributed by atoms with Gasteiger partial charge < -0.3 is 16.0 Å². The van der Waals surface area contributed by atoms with Crippen molar-refractivity contribution in [3.05, 3.63) is 42.5 Å². The third-order valence-corrected chi connectivity index (χ3v) is 9.58. The number of rotatable bonds is 10. The molecule has 11 nitrogen and oxygen atoms in total. The van der Waals surface area contributed by atoms with E-state index in [1.54, 1.807) is 18.5 Å². The van der Waals surface area contributed by atoms with Crippen LogP contribution in [0.15, 0.2) is 36.9 Å². The molecule has 0 bridgehead atoms. The van der Waals surface area contributed by atoms with E-state index in [1.165, 1.54) is 12.4 Å². The molecule has 0 unspecified atom stereocenters. The monoisotopic (exact) mass is 536 g/mol. The summed E-state index contributed by atoms with van der Waals surface area (Å²) in [5, 5.41) is 13.9. The molecular weight excluding hydrogens is 504 g/mol. The fourth-order valence-corrected chi connectivity index (χ4v) is 6.40. The van der Waals surface area contributed by atoms with Gasteiger partial charge in [0, 0.05) is 36.5 Å². The quantitative estimate of drug-likeness (QED) is 0.330. The Kier molecular flexibility index (Phi) is 6.60. The molecule has 0 amide bonds. The molecule has 200 valence electrons. The van der Waals surface area contributed by atoms with Crippen LogP contribution in [0.5, 0.6) is 0 Å². The molecular formula is C26H32N8O3S. The van der Waals surface area contributed by atoms with Gasteiger partial charge in [0.1, 0.15) is 11.6 Å². The average Bonchev–Trinajstić information content (AvgIpc) is 3.86. The highest BCUT2D eigenvalue weighted by molar-refractivity contribution is 7.90. The van der Waals surface area contributed by atoms with Crippen molar-refractivity contribution in [3.8, 4) is 11.4 Å². The van der Waals surface area contributed by atoms with Gasteiger partial charge in [-0.2, -0.15) is 9.19 Å². The number of aromatic nitrogens is 5. The lowest BCUT2D eigenvalue weighted by atomic mass is 9.91. The van der Waals surface area contributed by atoms with Crippen LogP contribution in [0.2, 0.25) is 0 Å². The molecule has 3 aliphatic rings. The summed E-state index contributed by atoms with van der Waals surface area (Å²) in [4.78, 5) is 26.3. The van der Waals surface area contributed by atoms with Crippen LogP contribution in [-0.4, -0.2) is 62.7 Å². The van der Waals surface area contributed by atoms with Gasteiger partial charge in [-0.1, -0.05) is 0 Å². The van der Waals surface area contributed by atoms with Gasteiger partial charge in [-0.05, 0) is 64.5 Å². The van der Waals surface area contributed by atoms with E-state index in [9.17, 15) is 13.2 Å². The van der Waals surface area contributed by atoms with E-state index in [1.807, 2.05) is 13.1 Å². The van der Waals surface area contributed by atoms with Gasteiger partial charge in [-0.25, -0.2) is 23.4 Å². The van der Waals surface area contributed by atoms with Gasteiger partial charge in [0.2, 0.25) is 0 Å². The summed E-state index contributed by atoms with van der Waals surface area (Å²) in [6.07, 6.45) is 13.6. The fraction of sp³-hybridized carbons (Fsp3) is 0.500. The molecule has 3 heterocycles. The second-order valence-electron chi connectivity index (χ2n) is 10.5. The van der Waals surface area contributed by atoms with E-state index < -0.39 is 10.0 Å². The first-order chi connectivity index (χ1) is 18.4. The van der Waals surface area contributed by atoms with Crippen LogP contribution in [0.1, 0.15) is 61.7 Å². The number of ketones is 1. The summed E-state index contributed by atoms with van der Waals surface area (Å²) < 4.78 is 26.0. The third-order valence-electron chi connectivity index (χ3n) is 7.55. The predicted octanol–water partition coefficient (Wildman–Crippen LogP) is 3.35. The first kappa shape index (κ1) is 24.9. The molecule has 3 aromatic heterocycles. The topological polar surface area (TPSA) is 144 Å². The lowest BCUT2D eigenvalue weighted by Crippen LogP contribution is -2.35. The van der Waals surface area contributed by atoms with Crippen LogP contribution < -0.4 is 16.0 Å². The van der Waals surface area contributed by atoms with Crippen LogP contribution >= 0.6 is 0 Å². The standard InChI is InChI=1S/C26H32N8O3S/c1-27-18-4-6-19(7-5-18)31-22-12-24(29-14-21(22)25(35)16-2-3-16)32-23-10-11-28-26(33-23)17-13-30-34(15-17)38(36,37)20-8-9-20/h10-16,18-20,27H,2-9H2,1H3,(H2,28,29,31,32,33). The van der Waals surface area contributed by atoms with Gasteiger partial charge in [-0.3, -0.25) is 4.79 Å². The summed E-state index contributed by atoms with van der Waals surface area (Å²) in [6, 6.07) is 4.44. The molecule has 6 rings (SSSR count). The van der Waals surface area contributed by atoms with E-state index >= 15 is 0 Å². The minimum Gasteiger partial charge on any atom is -0.382 e. The number of carbonyl (C=O) groups is 1. The fourth-order valence-electron chi connectivity index (χ4n) is 4.93. The molecule has 0 spiro atoms. The molecule has 3 aromatic rings. The maximum absolute atomic E-state index is 13.0. The van der Waals surface area contributed by atoms with Gasteiger partial charge >= 0.3 is 0 Å². The highest BCUT2D eigenvalue weighted by Gasteiger charge is 2.38. The van der Waals surface area contributed by atoms with E-state index in [2.05, 4.69) is 36.0 Å². The maximum Gasteiger partial charge on any atom is 0.256 e. The Labute approximate surface area is 221 Å². The Morgan fingerprint density at radius 2 is 1.74 bits per heavy atom. The second-order valence-corrected chi connectivity index (χ2v) is 12.5. The van der Waals surface area contributed by atoms with Crippen molar-refractivity contribution in [2.45, 2.75) is 68.7 Å². The van der Waals surface area contributed by atoms with E-state index in [4.69, 9.17) is 0 Å². The molecule has 3 N–H and O–H groups in total. The maximum atomic E-state index is 13.0. The second kappa shape index (κ2) is 10.1. The van der Waals surface area contributed by atoms with Crippen molar-refractivity contribution in [1.82, 2.24) is 29.5 Å². The summed E-state index contributed by atoms with van der Waals surface area (Å²) in [5.74, 6) is 1.66. The molecule has 3 aliphatic carbocycles. The highest BCUT2D eigenvalue weighted by atomic mass is 32.2. The van der Waals surface area contributed by atoms with E-state index in [0.717, 1.165) is 48.3 Å². The lowest BCUT2D eigenvalue weighted by Gasteiger charge is -2.30. The average molecular weight is 537 g/mol. The van der Waals surface area contributed by atoms with Crippen LogP contribution in [0.3, 0.4) is 0 Å². The molecule has 12 heteroatoms. The molecule has 0 aliphatic heterocycles. The van der Waals surface area contributed by atoms with Crippen molar-refractivity contribution in [2.75, 3.05) is 17.7 Å². The Morgan fingerprint density at radius 3 is 2.45 bits per heavy atom. The molecule has 38 heavy (non-hydrogen) atoms. The zero-order chi connectivity index (χ0) is 26.3. The first-order valence-electron chi connectivity index (χ1n) is 13.3. The van der Waals surface area contributed by atoms with Crippen molar-refractivity contribution in [3.63, 3.8) is 0 Å². The van der Waals surface area contributed by atoms with Crippen molar-refractivity contribution in [1.29, 1.82) is 0 Å².